The van der Waals surface area contributed by atoms with Gasteiger partial charge in [0.2, 0.25) is 17.8 Å². The van der Waals surface area contributed by atoms with Gasteiger partial charge in [-0.05, 0) is 121 Å². The van der Waals surface area contributed by atoms with Crippen LogP contribution in [0.1, 0.15) is 78.5 Å². The fraction of sp³-hybridized carbons (Fsp3) is 0.472. The quantitative estimate of drug-likeness (QED) is 0.0741. The van der Waals surface area contributed by atoms with Gasteiger partial charge in [0.25, 0.3) is 5.91 Å². The molecule has 3 aromatic carbocycles. The van der Waals surface area contributed by atoms with Crippen LogP contribution in [0.4, 0.5) is 34.5 Å². The fourth-order valence-electron chi connectivity index (χ4n) is 11.5. The van der Waals surface area contributed by atoms with Crippen LogP contribution in [-0.2, 0) is 27.1 Å². The number of carbonyl (C=O) groups excluding carboxylic acids is 3. The predicted octanol–water partition coefficient (Wildman–Crippen LogP) is 7.45. The molecule has 71 heavy (non-hydrogen) atoms. The van der Waals surface area contributed by atoms with Crippen LogP contribution in [0.25, 0.3) is 10.9 Å². The molecule has 11 rings (SSSR count). The number of hydrogen-bond donors (Lipinski definition) is 3. The summed E-state index contributed by atoms with van der Waals surface area (Å²) in [6.07, 6.45) is 7.79. The first-order chi connectivity index (χ1) is 34.3. The number of methoxy groups -OCH3 is 1. The van der Waals surface area contributed by atoms with Crippen molar-refractivity contribution in [1.29, 1.82) is 0 Å². The number of piperazine rings is 1. The van der Waals surface area contributed by atoms with E-state index < -0.39 is 13.2 Å². The van der Waals surface area contributed by atoms with Crippen molar-refractivity contribution in [2.24, 2.45) is 5.92 Å². The van der Waals surface area contributed by atoms with Crippen molar-refractivity contribution in [3.05, 3.63) is 87.7 Å². The minimum absolute atomic E-state index is 0.128. The highest BCUT2D eigenvalue weighted by Crippen LogP contribution is 2.44. The maximum Gasteiger partial charge on any atom is 0.255 e. The van der Waals surface area contributed by atoms with Crippen LogP contribution in [-0.4, -0.2) is 139 Å². The lowest BCUT2D eigenvalue weighted by atomic mass is 9.96. The van der Waals surface area contributed by atoms with E-state index in [2.05, 4.69) is 93.7 Å². The first-order valence-corrected chi connectivity index (χ1v) is 28.7. The summed E-state index contributed by atoms with van der Waals surface area (Å²) in [4.78, 5) is 63.7. The van der Waals surface area contributed by atoms with Crippen molar-refractivity contribution >= 4 is 91.5 Å². The zero-order valence-electron chi connectivity index (χ0n) is 41.0. The fourth-order valence-corrected chi connectivity index (χ4v) is 13.3. The average Bonchev–Trinajstić information content (AvgIpc) is 4.16. The van der Waals surface area contributed by atoms with E-state index >= 15 is 0 Å². The Morgan fingerprint density at radius 3 is 2.37 bits per heavy atom. The van der Waals surface area contributed by atoms with Crippen LogP contribution < -0.4 is 35.8 Å². The van der Waals surface area contributed by atoms with Crippen molar-refractivity contribution < 1.29 is 23.7 Å². The molecule has 16 nitrogen and oxygen atoms in total. The van der Waals surface area contributed by atoms with E-state index in [1.165, 1.54) is 24.1 Å². The molecule has 372 valence electrons. The van der Waals surface area contributed by atoms with Gasteiger partial charge in [-0.1, -0.05) is 13.0 Å². The largest absolute Gasteiger partial charge is 0.494 e. The Balaban J connectivity index is 0.671. The van der Waals surface area contributed by atoms with Gasteiger partial charge in [-0.25, -0.2) is 4.98 Å². The summed E-state index contributed by atoms with van der Waals surface area (Å²) < 4.78 is 20.5. The second kappa shape index (κ2) is 19.4. The van der Waals surface area contributed by atoms with Gasteiger partial charge in [-0.15, -0.1) is 0 Å². The van der Waals surface area contributed by atoms with Gasteiger partial charge in [-0.2, -0.15) is 4.98 Å². The molecule has 0 bridgehead atoms. The van der Waals surface area contributed by atoms with Crippen LogP contribution in [0.3, 0.4) is 0 Å². The number of aryl methyl sites for hydroxylation is 1. The maximum absolute atomic E-state index is 13.8. The van der Waals surface area contributed by atoms with Crippen molar-refractivity contribution in [3.8, 4) is 5.75 Å². The van der Waals surface area contributed by atoms with Crippen molar-refractivity contribution in [3.63, 3.8) is 0 Å². The van der Waals surface area contributed by atoms with Crippen LogP contribution in [0.5, 0.6) is 5.75 Å². The molecule has 1 atom stereocenters. The first-order valence-electron chi connectivity index (χ1n) is 25.3. The third-order valence-electron chi connectivity index (χ3n) is 15.5. The highest BCUT2D eigenvalue weighted by Gasteiger charge is 2.40. The molecule has 18 heteroatoms. The SMILES string of the molecule is CCc1cc(Nc2ncc(Br)c(Nc3ccc4nc(C5CC5)ccc4c3P(C)(C)=O)n2)c(OC)cc1N1CCC(N2CCN(CC3CN(c4ccc5c(c4)CN(C4CCC(=O)NC4=O)C5=O)C3)CC2)CC1. The number of carbonyl (C=O) groups is 3. The highest BCUT2D eigenvalue weighted by molar-refractivity contribution is 9.10. The molecule has 3 N–H and O–H groups in total. The third kappa shape index (κ3) is 9.74. The van der Waals surface area contributed by atoms with E-state index in [9.17, 15) is 18.9 Å². The number of anilines is 6. The zero-order valence-corrected chi connectivity index (χ0v) is 43.5. The molecule has 4 saturated heterocycles. The summed E-state index contributed by atoms with van der Waals surface area (Å²) in [6.45, 7) is 15.6. The number of imide groups is 1. The molecular weight excluding hydrogens is 982 g/mol. The standard InChI is InChI=1S/C53H63BrN11O5P/c1-5-33-25-44(58-53-55-27-40(54)50(60-53)57-43-13-12-42-39(49(43)71(3,4)69)10-11-41(56-42)34-6-7-34)47(70-2)26-46(33)63-18-16-36(17-19-63)62-22-20-61(21-23-62)28-32-29-64(30-32)37-8-9-38-35(24-37)31-65(52(38)68)45-14-15-48(66)59-51(45)67/h8-13,24-27,32,34,36,45H,5-7,14-23,28-31H2,1-4H3,(H,59,66,67)(H2,55,57,58,60). The van der Waals surface area contributed by atoms with Gasteiger partial charge in [-0.3, -0.25) is 29.6 Å². The number of nitrogens with zero attached hydrogens (tertiary/aromatic N) is 8. The monoisotopic (exact) mass is 1040 g/mol. The van der Waals surface area contributed by atoms with E-state index in [-0.39, 0.29) is 24.1 Å². The Bertz CT molecular complexity index is 2960. The summed E-state index contributed by atoms with van der Waals surface area (Å²) >= 11 is 3.65. The number of benzene rings is 3. The lowest BCUT2D eigenvalue weighted by Crippen LogP contribution is -2.57. The highest BCUT2D eigenvalue weighted by atomic mass is 79.9. The van der Waals surface area contributed by atoms with Crippen LogP contribution in [0.15, 0.2) is 65.3 Å². The minimum Gasteiger partial charge on any atom is -0.494 e. The van der Waals surface area contributed by atoms with Crippen molar-refractivity contribution in [1.82, 2.24) is 35.0 Å². The first kappa shape index (κ1) is 47.7. The van der Waals surface area contributed by atoms with Crippen LogP contribution in [0.2, 0.25) is 0 Å². The smallest absolute Gasteiger partial charge is 0.255 e. The number of amides is 3. The lowest BCUT2D eigenvalue weighted by molar-refractivity contribution is -0.136. The number of aromatic nitrogens is 3. The number of halogens is 1. The number of rotatable bonds is 14. The normalized spacial score (nSPS) is 20.6. The number of fused-ring (bicyclic) bond motifs is 2. The molecule has 0 spiro atoms. The molecule has 5 aliphatic heterocycles. The molecule has 5 fully saturated rings. The summed E-state index contributed by atoms with van der Waals surface area (Å²) in [5.74, 6) is 2.05. The minimum atomic E-state index is -2.73. The molecule has 3 amide bonds. The number of nitrogens with one attached hydrogen (secondary N) is 3. The van der Waals surface area contributed by atoms with Crippen LogP contribution >= 0.6 is 23.1 Å². The summed E-state index contributed by atoms with van der Waals surface area (Å²) in [6, 6.07) is 18.5. The Kier molecular flexibility index (Phi) is 13.1. The van der Waals surface area contributed by atoms with E-state index in [1.807, 2.05) is 24.3 Å². The Morgan fingerprint density at radius 1 is 0.859 bits per heavy atom. The summed E-state index contributed by atoms with van der Waals surface area (Å²) in [7, 11) is -1.03. The molecule has 2 aromatic heterocycles. The van der Waals surface area contributed by atoms with E-state index in [1.54, 1.807) is 31.5 Å². The lowest BCUT2D eigenvalue weighted by Gasteiger charge is -2.47. The molecule has 6 aliphatic rings. The van der Waals surface area contributed by atoms with Gasteiger partial charge in [0.05, 0.1) is 28.5 Å². The molecule has 1 saturated carbocycles. The topological polar surface area (TPSA) is 168 Å². The Morgan fingerprint density at radius 2 is 1.65 bits per heavy atom. The molecule has 5 aromatic rings. The number of pyridine rings is 1. The van der Waals surface area contributed by atoms with Crippen LogP contribution in [0, 0.1) is 5.92 Å². The van der Waals surface area contributed by atoms with Gasteiger partial charge >= 0.3 is 0 Å². The van der Waals surface area contributed by atoms with E-state index in [0.29, 0.717) is 52.6 Å². The van der Waals surface area contributed by atoms with Crippen molar-refractivity contribution in [2.45, 2.75) is 76.4 Å². The van der Waals surface area contributed by atoms with Crippen molar-refractivity contribution in [2.75, 3.05) is 99.8 Å². The number of piperidine rings is 2. The molecule has 1 aliphatic carbocycles. The average molecular weight is 1050 g/mol. The second-order valence-corrected chi connectivity index (χ2v) is 24.6. The Labute approximate surface area is 423 Å². The third-order valence-corrected chi connectivity index (χ3v) is 17.6. The number of ether oxygens (including phenoxy) is 1. The van der Waals surface area contributed by atoms with Gasteiger partial charge in [0.1, 0.15) is 24.8 Å². The molecule has 1 unspecified atom stereocenters. The van der Waals surface area contributed by atoms with E-state index in [0.717, 1.165) is 128 Å². The zero-order chi connectivity index (χ0) is 49.1. The summed E-state index contributed by atoms with van der Waals surface area (Å²) in [5, 5.41) is 11.0. The molecule has 0 radical (unpaired) electrons. The molecule has 7 heterocycles. The summed E-state index contributed by atoms with van der Waals surface area (Å²) in [5.41, 5.74) is 8.67. The Hall–Kier alpha value is -5.61. The van der Waals surface area contributed by atoms with E-state index in [4.69, 9.17) is 14.7 Å². The van der Waals surface area contributed by atoms with Gasteiger partial charge in [0, 0.05) is 135 Å². The second-order valence-electron chi connectivity index (χ2n) is 20.6. The van der Waals surface area contributed by atoms with Gasteiger partial charge in [0.15, 0.2) is 0 Å². The number of hydrogen-bond acceptors (Lipinski definition) is 14. The molecular formula is C53H63BrN11O5P. The predicted molar refractivity (Wildman–Crippen MR) is 283 cm³/mol. The van der Waals surface area contributed by atoms with Gasteiger partial charge < -0.3 is 39.5 Å². The maximum atomic E-state index is 13.8.